The number of anilines is 1. The van der Waals surface area contributed by atoms with Crippen LogP contribution in [0.3, 0.4) is 0 Å². The van der Waals surface area contributed by atoms with Crippen molar-refractivity contribution in [1.29, 1.82) is 0 Å². The molecule has 0 heterocycles. The lowest BCUT2D eigenvalue weighted by Gasteiger charge is -2.12. The third-order valence-electron chi connectivity index (χ3n) is 2.78. The first-order valence-electron chi connectivity index (χ1n) is 6.25. The summed E-state index contributed by atoms with van der Waals surface area (Å²) in [4.78, 5) is 1.16. The highest BCUT2D eigenvalue weighted by atomic mass is 35.5. The summed E-state index contributed by atoms with van der Waals surface area (Å²) in [7, 11) is 0. The summed E-state index contributed by atoms with van der Waals surface area (Å²) in [6, 6.07) is 13.4. The summed E-state index contributed by atoms with van der Waals surface area (Å²) >= 11 is 7.62. The van der Waals surface area contributed by atoms with Gasteiger partial charge in [0.25, 0.3) is 0 Å². The van der Waals surface area contributed by atoms with E-state index in [1.54, 1.807) is 17.8 Å². The summed E-state index contributed by atoms with van der Waals surface area (Å²) in [5.74, 6) is 0.999. The quantitative estimate of drug-likeness (QED) is 0.586. The zero-order chi connectivity index (χ0) is 14.4. The first kappa shape index (κ1) is 14.8. The van der Waals surface area contributed by atoms with Gasteiger partial charge in [-0.25, -0.2) is 0 Å². The van der Waals surface area contributed by atoms with Crippen LogP contribution in [0, 0.1) is 0 Å². The summed E-state index contributed by atoms with van der Waals surface area (Å²) in [5, 5.41) is 13.6. The maximum Gasteiger partial charge on any atom is 0.139 e. The van der Waals surface area contributed by atoms with Crippen molar-refractivity contribution in [2.45, 2.75) is 11.4 Å². The molecule has 0 amide bonds. The van der Waals surface area contributed by atoms with E-state index in [1.165, 1.54) is 0 Å². The van der Waals surface area contributed by atoms with Crippen LogP contribution < -0.4 is 5.32 Å². The molecule has 0 saturated heterocycles. The SMILES string of the molecule is C=CCSc1ccccc1NCc1cccc(Cl)c1O. The number of para-hydroxylation sites is 2. The monoisotopic (exact) mass is 305 g/mol. The van der Waals surface area contributed by atoms with Gasteiger partial charge in [0, 0.05) is 28.4 Å². The van der Waals surface area contributed by atoms with E-state index >= 15 is 0 Å². The highest BCUT2D eigenvalue weighted by Gasteiger charge is 2.06. The maximum absolute atomic E-state index is 9.90. The van der Waals surface area contributed by atoms with Crippen molar-refractivity contribution >= 4 is 29.1 Å². The number of hydrogen-bond acceptors (Lipinski definition) is 3. The minimum Gasteiger partial charge on any atom is -0.506 e. The van der Waals surface area contributed by atoms with E-state index < -0.39 is 0 Å². The molecule has 0 spiro atoms. The molecule has 104 valence electrons. The van der Waals surface area contributed by atoms with Gasteiger partial charge in [0.15, 0.2) is 0 Å². The van der Waals surface area contributed by atoms with Gasteiger partial charge in [-0.3, -0.25) is 0 Å². The molecule has 0 aliphatic carbocycles. The van der Waals surface area contributed by atoms with Crippen LogP contribution in [0.1, 0.15) is 5.56 Å². The maximum atomic E-state index is 9.90. The molecule has 2 N–H and O–H groups in total. The second kappa shape index (κ2) is 7.27. The summed E-state index contributed by atoms with van der Waals surface area (Å²) in [5.41, 5.74) is 1.82. The molecule has 0 saturated carbocycles. The van der Waals surface area contributed by atoms with Crippen molar-refractivity contribution in [3.05, 3.63) is 65.7 Å². The summed E-state index contributed by atoms with van der Waals surface area (Å²) < 4.78 is 0. The summed E-state index contributed by atoms with van der Waals surface area (Å²) in [6.07, 6.45) is 1.88. The number of phenolic OH excluding ortho intramolecular Hbond substituents is 1. The highest BCUT2D eigenvalue weighted by molar-refractivity contribution is 7.99. The van der Waals surface area contributed by atoms with E-state index in [0.29, 0.717) is 11.6 Å². The van der Waals surface area contributed by atoms with Gasteiger partial charge in [0.2, 0.25) is 0 Å². The number of rotatable bonds is 6. The lowest BCUT2D eigenvalue weighted by Crippen LogP contribution is -2.01. The smallest absolute Gasteiger partial charge is 0.139 e. The lowest BCUT2D eigenvalue weighted by atomic mass is 10.2. The van der Waals surface area contributed by atoms with E-state index in [1.807, 2.05) is 36.4 Å². The van der Waals surface area contributed by atoms with E-state index in [-0.39, 0.29) is 5.75 Å². The third-order valence-corrected chi connectivity index (χ3v) is 4.16. The fraction of sp³-hybridized carbons (Fsp3) is 0.125. The van der Waals surface area contributed by atoms with Gasteiger partial charge >= 0.3 is 0 Å². The molecule has 0 aromatic heterocycles. The number of thioether (sulfide) groups is 1. The average molecular weight is 306 g/mol. The van der Waals surface area contributed by atoms with Gasteiger partial charge in [0.05, 0.1) is 5.02 Å². The fourth-order valence-corrected chi connectivity index (χ4v) is 2.74. The molecule has 4 heteroatoms. The molecule has 2 rings (SSSR count). The molecule has 0 aliphatic rings. The molecule has 0 radical (unpaired) electrons. The van der Waals surface area contributed by atoms with Crippen molar-refractivity contribution in [3.63, 3.8) is 0 Å². The standard InChI is InChI=1S/C16H16ClNOS/c1-2-10-20-15-9-4-3-8-14(15)18-11-12-6-5-7-13(17)16(12)19/h2-9,18-19H,1,10-11H2. The zero-order valence-corrected chi connectivity index (χ0v) is 12.5. The Morgan fingerprint density at radius 1 is 1.20 bits per heavy atom. The number of hydrogen-bond donors (Lipinski definition) is 2. The van der Waals surface area contributed by atoms with Crippen LogP contribution in [-0.4, -0.2) is 10.9 Å². The van der Waals surface area contributed by atoms with Gasteiger partial charge in [-0.15, -0.1) is 18.3 Å². The molecule has 2 aromatic carbocycles. The van der Waals surface area contributed by atoms with Crippen molar-refractivity contribution < 1.29 is 5.11 Å². The number of nitrogens with one attached hydrogen (secondary N) is 1. The van der Waals surface area contributed by atoms with Crippen molar-refractivity contribution in [3.8, 4) is 5.75 Å². The van der Waals surface area contributed by atoms with Gasteiger partial charge in [-0.2, -0.15) is 0 Å². The number of phenols is 1. The largest absolute Gasteiger partial charge is 0.506 e. The van der Waals surface area contributed by atoms with Crippen LogP contribution in [0.5, 0.6) is 5.75 Å². The molecule has 0 bridgehead atoms. The van der Waals surface area contributed by atoms with Gasteiger partial charge < -0.3 is 10.4 Å². The molecule has 0 fully saturated rings. The molecule has 20 heavy (non-hydrogen) atoms. The molecule has 2 nitrogen and oxygen atoms in total. The molecule has 0 atom stereocenters. The van der Waals surface area contributed by atoms with E-state index in [4.69, 9.17) is 11.6 Å². The summed E-state index contributed by atoms with van der Waals surface area (Å²) in [6.45, 7) is 4.26. The molecular formula is C16H16ClNOS. The van der Waals surface area contributed by atoms with Gasteiger partial charge in [0.1, 0.15) is 5.75 Å². The Kier molecular flexibility index (Phi) is 5.39. The van der Waals surface area contributed by atoms with E-state index in [2.05, 4.69) is 18.0 Å². The predicted octanol–water partition coefficient (Wildman–Crippen LogP) is 4.94. The number of benzene rings is 2. The molecule has 2 aromatic rings. The van der Waals surface area contributed by atoms with Gasteiger partial charge in [-0.1, -0.05) is 41.9 Å². The topological polar surface area (TPSA) is 32.3 Å². The van der Waals surface area contributed by atoms with Crippen LogP contribution in [0.2, 0.25) is 5.02 Å². The normalized spacial score (nSPS) is 10.2. The Balaban J connectivity index is 2.10. The Bertz CT molecular complexity index is 601. The first-order valence-corrected chi connectivity index (χ1v) is 7.61. The van der Waals surface area contributed by atoms with Gasteiger partial charge in [-0.05, 0) is 18.2 Å². The lowest BCUT2D eigenvalue weighted by molar-refractivity contribution is 0.469. The van der Waals surface area contributed by atoms with E-state index in [0.717, 1.165) is 21.9 Å². The van der Waals surface area contributed by atoms with Crippen LogP contribution in [0.15, 0.2) is 60.0 Å². The third kappa shape index (κ3) is 3.71. The molecular weight excluding hydrogens is 290 g/mol. The fourth-order valence-electron chi connectivity index (χ4n) is 1.78. The number of aromatic hydroxyl groups is 1. The Morgan fingerprint density at radius 3 is 2.80 bits per heavy atom. The van der Waals surface area contributed by atoms with E-state index in [9.17, 15) is 5.11 Å². The molecule has 0 unspecified atom stereocenters. The Hall–Kier alpha value is -1.58. The van der Waals surface area contributed by atoms with Crippen LogP contribution >= 0.6 is 23.4 Å². The minimum absolute atomic E-state index is 0.137. The van der Waals surface area contributed by atoms with Crippen molar-refractivity contribution in [1.82, 2.24) is 0 Å². The van der Waals surface area contributed by atoms with Crippen LogP contribution in [0.4, 0.5) is 5.69 Å². The predicted molar refractivity (Wildman–Crippen MR) is 87.8 cm³/mol. The Labute approximate surface area is 128 Å². The van der Waals surface area contributed by atoms with Crippen LogP contribution in [-0.2, 0) is 6.54 Å². The minimum atomic E-state index is 0.137. The highest BCUT2D eigenvalue weighted by Crippen LogP contribution is 2.30. The van der Waals surface area contributed by atoms with Crippen molar-refractivity contribution in [2.24, 2.45) is 0 Å². The zero-order valence-electron chi connectivity index (χ0n) is 11.0. The van der Waals surface area contributed by atoms with Crippen LogP contribution in [0.25, 0.3) is 0 Å². The second-order valence-electron chi connectivity index (χ2n) is 4.20. The Morgan fingerprint density at radius 2 is 2.00 bits per heavy atom. The second-order valence-corrected chi connectivity index (χ2v) is 5.67. The number of halogens is 1. The average Bonchev–Trinajstić information content (AvgIpc) is 2.47. The molecule has 0 aliphatic heterocycles. The van der Waals surface area contributed by atoms with Crippen molar-refractivity contribution in [2.75, 3.05) is 11.1 Å². The first-order chi connectivity index (χ1) is 9.72.